The van der Waals surface area contributed by atoms with E-state index in [2.05, 4.69) is 38.7 Å². The van der Waals surface area contributed by atoms with Crippen LogP contribution in [0.15, 0.2) is 24.4 Å². The molecule has 0 bridgehead atoms. The third-order valence-electron chi connectivity index (χ3n) is 7.36. The largest absolute Gasteiger partial charge is 0.416 e. The van der Waals surface area contributed by atoms with Crippen molar-refractivity contribution < 1.29 is 18.0 Å². The van der Waals surface area contributed by atoms with Crippen LogP contribution in [0, 0.1) is 0 Å². The van der Waals surface area contributed by atoms with Crippen molar-refractivity contribution in [2.24, 2.45) is 7.05 Å². The standard InChI is InChI=1S/C25H31F3N6OS/c1-3-23-29-11-21(36-23)15-4-7-18(8-5-15)34-13-17(14-34)31-22(35)12-30-24-19-10-16(25(26,27)28)6-9-20(19)33(2)32-24/h6,9-11,15,17-18H,3-5,7-8,12-14H2,1-2H3,(H,30,32)(H,31,35). The van der Waals surface area contributed by atoms with E-state index in [0.29, 0.717) is 22.9 Å². The molecule has 1 aliphatic carbocycles. The summed E-state index contributed by atoms with van der Waals surface area (Å²) in [6, 6.07) is 4.17. The highest BCUT2D eigenvalue weighted by Crippen LogP contribution is 2.38. The van der Waals surface area contributed by atoms with Gasteiger partial charge in [-0.3, -0.25) is 14.4 Å². The summed E-state index contributed by atoms with van der Waals surface area (Å²) in [7, 11) is 1.66. The Morgan fingerprint density at radius 3 is 2.61 bits per heavy atom. The Morgan fingerprint density at radius 1 is 1.19 bits per heavy atom. The van der Waals surface area contributed by atoms with Crippen molar-refractivity contribution in [3.63, 3.8) is 0 Å². The molecule has 2 N–H and O–H groups in total. The number of nitrogens with one attached hydrogen (secondary N) is 2. The van der Waals surface area contributed by atoms with Gasteiger partial charge in [-0.25, -0.2) is 4.98 Å². The number of aromatic nitrogens is 3. The van der Waals surface area contributed by atoms with E-state index in [0.717, 1.165) is 31.6 Å². The second kappa shape index (κ2) is 10.0. The van der Waals surface area contributed by atoms with E-state index in [1.54, 1.807) is 7.05 Å². The summed E-state index contributed by atoms with van der Waals surface area (Å²) in [6.07, 6.45) is 3.31. The molecule has 1 aromatic carbocycles. The maximum atomic E-state index is 13.1. The van der Waals surface area contributed by atoms with Crippen LogP contribution in [0.3, 0.4) is 0 Å². The maximum Gasteiger partial charge on any atom is 0.416 e. The molecule has 3 aromatic rings. The van der Waals surface area contributed by atoms with Gasteiger partial charge >= 0.3 is 6.18 Å². The first-order chi connectivity index (χ1) is 17.2. The van der Waals surface area contributed by atoms with Crippen molar-refractivity contribution in [1.29, 1.82) is 0 Å². The lowest BCUT2D eigenvalue weighted by atomic mass is 9.83. The average molecular weight is 521 g/mol. The molecular formula is C25H31F3N6OS. The number of likely N-dealkylation sites (tertiary alicyclic amines) is 1. The van der Waals surface area contributed by atoms with E-state index >= 15 is 0 Å². The molecule has 2 aliphatic rings. The molecule has 1 amide bonds. The van der Waals surface area contributed by atoms with Crippen LogP contribution < -0.4 is 10.6 Å². The predicted molar refractivity (Wildman–Crippen MR) is 134 cm³/mol. The van der Waals surface area contributed by atoms with E-state index in [4.69, 9.17) is 0 Å². The number of aryl methyl sites for hydroxylation is 2. The quantitative estimate of drug-likeness (QED) is 0.478. The summed E-state index contributed by atoms with van der Waals surface area (Å²) in [4.78, 5) is 20.9. The van der Waals surface area contributed by atoms with Crippen LogP contribution in [0.25, 0.3) is 10.9 Å². The molecule has 194 valence electrons. The van der Waals surface area contributed by atoms with Gasteiger partial charge in [0.05, 0.1) is 28.7 Å². The number of thiazole rings is 1. The van der Waals surface area contributed by atoms with Gasteiger partial charge in [0.25, 0.3) is 0 Å². The van der Waals surface area contributed by atoms with Gasteiger partial charge in [-0.15, -0.1) is 11.3 Å². The van der Waals surface area contributed by atoms with Gasteiger partial charge in [-0.1, -0.05) is 6.92 Å². The zero-order valence-electron chi connectivity index (χ0n) is 20.4. The highest BCUT2D eigenvalue weighted by Gasteiger charge is 2.36. The average Bonchev–Trinajstić information content (AvgIpc) is 3.44. The van der Waals surface area contributed by atoms with Crippen LogP contribution in [-0.2, 0) is 24.4 Å². The van der Waals surface area contributed by atoms with Gasteiger partial charge in [0.1, 0.15) is 0 Å². The van der Waals surface area contributed by atoms with Crippen molar-refractivity contribution in [2.45, 2.75) is 63.2 Å². The molecule has 1 aliphatic heterocycles. The van der Waals surface area contributed by atoms with Gasteiger partial charge in [0.15, 0.2) is 5.82 Å². The first-order valence-corrected chi connectivity index (χ1v) is 13.3. The van der Waals surface area contributed by atoms with Gasteiger partial charge in [-0.2, -0.15) is 18.3 Å². The SMILES string of the molecule is CCc1ncc(C2CCC(N3CC(NC(=O)CNc4nn(C)c5ccc(C(F)(F)F)cc45)C3)CC2)s1. The molecule has 0 spiro atoms. The molecule has 2 aromatic heterocycles. The number of fused-ring (bicyclic) bond motifs is 1. The number of carbonyl (C=O) groups excluding carboxylic acids is 1. The van der Waals surface area contributed by atoms with Crippen molar-refractivity contribution in [2.75, 3.05) is 25.0 Å². The molecule has 11 heteroatoms. The number of rotatable bonds is 7. The highest BCUT2D eigenvalue weighted by molar-refractivity contribution is 7.11. The van der Waals surface area contributed by atoms with Crippen molar-refractivity contribution in [3.05, 3.63) is 39.8 Å². The molecule has 5 rings (SSSR count). The Bertz CT molecular complexity index is 1220. The van der Waals surface area contributed by atoms with Gasteiger partial charge in [-0.05, 0) is 56.2 Å². The molecular weight excluding hydrogens is 489 g/mol. The number of amides is 1. The minimum atomic E-state index is -4.44. The van der Waals surface area contributed by atoms with Crippen LogP contribution in [-0.4, -0.2) is 57.3 Å². The summed E-state index contributed by atoms with van der Waals surface area (Å²) in [5.74, 6) is 0.704. The smallest absolute Gasteiger partial charge is 0.359 e. The number of hydrogen-bond acceptors (Lipinski definition) is 6. The fourth-order valence-corrected chi connectivity index (χ4v) is 6.35. The van der Waals surface area contributed by atoms with E-state index in [9.17, 15) is 18.0 Å². The highest BCUT2D eigenvalue weighted by atomic mass is 32.1. The fraction of sp³-hybridized carbons (Fsp3) is 0.560. The number of halogens is 3. The summed E-state index contributed by atoms with van der Waals surface area (Å²) < 4.78 is 40.9. The van der Waals surface area contributed by atoms with E-state index in [1.807, 2.05) is 11.3 Å². The third kappa shape index (κ3) is 5.22. The normalized spacial score (nSPS) is 21.5. The molecule has 0 radical (unpaired) electrons. The van der Waals surface area contributed by atoms with E-state index < -0.39 is 11.7 Å². The first-order valence-electron chi connectivity index (χ1n) is 12.5. The lowest BCUT2D eigenvalue weighted by Gasteiger charge is -2.46. The summed E-state index contributed by atoms with van der Waals surface area (Å²) in [5, 5.41) is 11.7. The predicted octanol–water partition coefficient (Wildman–Crippen LogP) is 4.55. The molecule has 36 heavy (non-hydrogen) atoms. The van der Waals surface area contributed by atoms with Gasteiger partial charge < -0.3 is 10.6 Å². The van der Waals surface area contributed by atoms with Crippen molar-refractivity contribution in [3.8, 4) is 0 Å². The number of carbonyl (C=O) groups is 1. The fourth-order valence-electron chi connectivity index (χ4n) is 5.32. The zero-order valence-corrected chi connectivity index (χ0v) is 21.3. The molecule has 0 atom stereocenters. The van der Waals surface area contributed by atoms with Gasteiger partial charge in [0, 0.05) is 42.6 Å². The Kier molecular flexibility index (Phi) is 6.95. The lowest BCUT2D eigenvalue weighted by molar-refractivity contribution is -0.137. The van der Waals surface area contributed by atoms with Crippen LogP contribution in [0.5, 0.6) is 0 Å². The minimum absolute atomic E-state index is 0.0431. The maximum absolute atomic E-state index is 13.1. The van der Waals surface area contributed by atoms with Crippen LogP contribution >= 0.6 is 11.3 Å². The summed E-state index contributed by atoms with van der Waals surface area (Å²) in [6.45, 7) is 3.77. The third-order valence-corrected chi connectivity index (χ3v) is 8.66. The molecule has 1 saturated carbocycles. The van der Waals surface area contributed by atoms with Crippen LogP contribution in [0.1, 0.15) is 54.0 Å². The molecule has 0 unspecified atom stereocenters. The topological polar surface area (TPSA) is 75.1 Å². The Labute approximate surface area is 212 Å². The Morgan fingerprint density at radius 2 is 1.94 bits per heavy atom. The molecule has 1 saturated heterocycles. The number of anilines is 1. The summed E-state index contributed by atoms with van der Waals surface area (Å²) in [5.41, 5.74) is -0.173. The molecule has 7 nitrogen and oxygen atoms in total. The minimum Gasteiger partial charge on any atom is -0.359 e. The second-order valence-electron chi connectivity index (χ2n) is 9.79. The number of alkyl halides is 3. The number of hydrogen-bond donors (Lipinski definition) is 2. The lowest BCUT2D eigenvalue weighted by Crippen LogP contribution is -2.62. The molecule has 3 heterocycles. The van der Waals surface area contributed by atoms with E-state index in [1.165, 1.54) is 46.3 Å². The second-order valence-corrected chi connectivity index (χ2v) is 10.9. The number of nitrogens with zero attached hydrogens (tertiary/aromatic N) is 4. The van der Waals surface area contributed by atoms with Gasteiger partial charge in [0.2, 0.25) is 5.91 Å². The number of benzene rings is 1. The van der Waals surface area contributed by atoms with Crippen LogP contribution in [0.2, 0.25) is 0 Å². The Hall–Kier alpha value is -2.66. The summed E-state index contributed by atoms with van der Waals surface area (Å²) >= 11 is 1.85. The van der Waals surface area contributed by atoms with Crippen molar-refractivity contribution in [1.82, 2.24) is 25.0 Å². The van der Waals surface area contributed by atoms with Crippen LogP contribution in [0.4, 0.5) is 19.0 Å². The van der Waals surface area contributed by atoms with Crippen molar-refractivity contribution >= 4 is 34.0 Å². The zero-order chi connectivity index (χ0) is 25.4. The Balaban J connectivity index is 1.07. The monoisotopic (exact) mass is 520 g/mol. The van der Waals surface area contributed by atoms with E-state index in [-0.39, 0.29) is 24.3 Å². The first kappa shape index (κ1) is 25.0. The molecule has 2 fully saturated rings.